The second kappa shape index (κ2) is 10.3. The normalized spacial score (nSPS) is 11.8. The second-order valence-corrected chi connectivity index (χ2v) is 10.2. The van der Waals surface area contributed by atoms with Gasteiger partial charge in [-0.05, 0) is 58.7 Å². The molecule has 0 unspecified atom stereocenters. The largest absolute Gasteiger partial charge is 0.349 e. The van der Waals surface area contributed by atoms with Gasteiger partial charge in [0.2, 0.25) is 5.91 Å². The van der Waals surface area contributed by atoms with Crippen LogP contribution in [-0.4, -0.2) is 22.6 Å². The summed E-state index contributed by atoms with van der Waals surface area (Å²) in [5.74, 6) is 0.0787. The molecule has 3 aromatic carbocycles. The summed E-state index contributed by atoms with van der Waals surface area (Å²) in [4.78, 5) is 29.5. The average Bonchev–Trinajstić information content (AvgIpc) is 3.21. The zero-order valence-electron chi connectivity index (χ0n) is 17.2. The van der Waals surface area contributed by atoms with E-state index in [1.54, 1.807) is 6.07 Å². The molecule has 0 saturated heterocycles. The van der Waals surface area contributed by atoms with Crippen LogP contribution in [0.3, 0.4) is 0 Å². The van der Waals surface area contributed by atoms with Crippen molar-refractivity contribution in [3.63, 3.8) is 0 Å². The second-order valence-electron chi connectivity index (χ2n) is 7.08. The number of halogens is 1. The third-order valence-electron chi connectivity index (χ3n) is 4.75. The van der Waals surface area contributed by atoms with Crippen LogP contribution in [0.25, 0.3) is 10.2 Å². The van der Waals surface area contributed by atoms with Gasteiger partial charge < -0.3 is 10.6 Å². The Morgan fingerprint density at radius 1 is 1.06 bits per heavy atom. The molecule has 32 heavy (non-hydrogen) atoms. The van der Waals surface area contributed by atoms with Gasteiger partial charge in [-0.2, -0.15) is 0 Å². The Kier molecular flexibility index (Phi) is 7.24. The van der Waals surface area contributed by atoms with Crippen molar-refractivity contribution in [2.45, 2.75) is 17.3 Å². The molecule has 0 aliphatic carbocycles. The Balaban J connectivity index is 1.37. The van der Waals surface area contributed by atoms with Crippen LogP contribution >= 0.6 is 39.0 Å². The molecule has 0 aliphatic rings. The SMILES string of the molecule is C[C@@H](NC(=O)CSc1nc2ccc(NC(=O)c3ccccc3Br)cc2s1)c1ccccc1. The molecule has 0 spiro atoms. The number of hydrogen-bond donors (Lipinski definition) is 2. The minimum absolute atomic E-state index is 0.0352. The third-order valence-corrected chi connectivity index (χ3v) is 7.60. The molecule has 0 fully saturated rings. The van der Waals surface area contributed by atoms with Crippen LogP contribution in [-0.2, 0) is 4.79 Å². The van der Waals surface area contributed by atoms with Gasteiger partial charge in [0.15, 0.2) is 4.34 Å². The van der Waals surface area contributed by atoms with Crippen LogP contribution in [0.1, 0.15) is 28.9 Å². The molecule has 1 atom stereocenters. The number of carbonyl (C=O) groups excluding carboxylic acids is 2. The summed E-state index contributed by atoms with van der Waals surface area (Å²) in [6.07, 6.45) is 0. The lowest BCUT2D eigenvalue weighted by molar-refractivity contribution is -0.119. The van der Waals surface area contributed by atoms with Gasteiger partial charge in [-0.1, -0.05) is 54.2 Å². The van der Waals surface area contributed by atoms with Gasteiger partial charge >= 0.3 is 0 Å². The summed E-state index contributed by atoms with van der Waals surface area (Å²) >= 11 is 6.32. The number of nitrogens with one attached hydrogen (secondary N) is 2. The first-order valence-corrected chi connectivity index (χ1v) is 12.5. The van der Waals surface area contributed by atoms with Crippen molar-refractivity contribution >= 4 is 66.7 Å². The predicted octanol–water partition coefficient (Wildman–Crippen LogP) is 6.28. The highest BCUT2D eigenvalue weighted by Crippen LogP contribution is 2.31. The van der Waals surface area contributed by atoms with Gasteiger partial charge in [0, 0.05) is 10.2 Å². The predicted molar refractivity (Wildman–Crippen MR) is 135 cm³/mol. The van der Waals surface area contributed by atoms with Crippen LogP contribution in [0.5, 0.6) is 0 Å². The zero-order chi connectivity index (χ0) is 22.5. The highest BCUT2D eigenvalue weighted by atomic mass is 79.9. The summed E-state index contributed by atoms with van der Waals surface area (Å²) in [6, 6.07) is 22.7. The first kappa shape index (κ1) is 22.5. The number of fused-ring (bicyclic) bond motifs is 1. The molecule has 2 N–H and O–H groups in total. The lowest BCUT2D eigenvalue weighted by Crippen LogP contribution is -2.28. The van der Waals surface area contributed by atoms with Gasteiger partial charge in [-0.15, -0.1) is 11.3 Å². The van der Waals surface area contributed by atoms with Crippen LogP contribution in [0.15, 0.2) is 81.6 Å². The van der Waals surface area contributed by atoms with Gasteiger partial charge in [-0.25, -0.2) is 4.98 Å². The van der Waals surface area contributed by atoms with Gasteiger partial charge in [0.05, 0.1) is 27.6 Å². The van der Waals surface area contributed by atoms with Crippen molar-refractivity contribution in [2.24, 2.45) is 0 Å². The summed E-state index contributed by atoms with van der Waals surface area (Å²) in [6.45, 7) is 1.97. The number of hydrogen-bond acceptors (Lipinski definition) is 5. The van der Waals surface area contributed by atoms with Crippen molar-refractivity contribution in [3.05, 3.63) is 88.4 Å². The van der Waals surface area contributed by atoms with E-state index in [9.17, 15) is 9.59 Å². The van der Waals surface area contributed by atoms with Crippen LogP contribution in [0.2, 0.25) is 0 Å². The number of benzene rings is 3. The summed E-state index contributed by atoms with van der Waals surface area (Å²) in [7, 11) is 0. The van der Waals surface area contributed by atoms with Crippen LogP contribution in [0, 0.1) is 0 Å². The number of aromatic nitrogens is 1. The molecular formula is C24H20BrN3O2S2. The van der Waals surface area contributed by atoms with Crippen molar-refractivity contribution in [2.75, 3.05) is 11.1 Å². The average molecular weight is 526 g/mol. The van der Waals surface area contributed by atoms with E-state index in [0.717, 1.165) is 24.6 Å². The van der Waals surface area contributed by atoms with Gasteiger partial charge in [0.1, 0.15) is 0 Å². The molecule has 4 aromatic rings. The molecule has 0 bridgehead atoms. The molecule has 0 radical (unpaired) electrons. The lowest BCUT2D eigenvalue weighted by atomic mass is 10.1. The van der Waals surface area contributed by atoms with E-state index in [2.05, 4.69) is 31.5 Å². The molecule has 0 saturated carbocycles. The van der Waals surface area contributed by atoms with Crippen molar-refractivity contribution in [1.29, 1.82) is 0 Å². The van der Waals surface area contributed by atoms with E-state index in [1.807, 2.05) is 73.7 Å². The van der Waals surface area contributed by atoms with E-state index in [-0.39, 0.29) is 17.9 Å². The van der Waals surface area contributed by atoms with E-state index >= 15 is 0 Å². The van der Waals surface area contributed by atoms with Crippen molar-refractivity contribution < 1.29 is 9.59 Å². The number of anilines is 1. The summed E-state index contributed by atoms with van der Waals surface area (Å²) in [5, 5.41) is 5.94. The zero-order valence-corrected chi connectivity index (χ0v) is 20.4. The maximum absolute atomic E-state index is 12.5. The highest BCUT2D eigenvalue weighted by molar-refractivity contribution is 9.10. The van der Waals surface area contributed by atoms with Gasteiger partial charge in [-0.3, -0.25) is 9.59 Å². The minimum atomic E-state index is -0.180. The Hall–Kier alpha value is -2.68. The fourth-order valence-corrected chi connectivity index (χ4v) is 5.51. The number of nitrogens with zero attached hydrogens (tertiary/aromatic N) is 1. The third kappa shape index (κ3) is 5.56. The summed E-state index contributed by atoms with van der Waals surface area (Å²) < 4.78 is 2.52. The number of carbonyl (C=O) groups is 2. The first-order valence-electron chi connectivity index (χ1n) is 9.93. The Morgan fingerprint density at radius 2 is 1.81 bits per heavy atom. The maximum Gasteiger partial charge on any atom is 0.256 e. The van der Waals surface area contributed by atoms with Crippen LogP contribution < -0.4 is 10.6 Å². The Bertz CT molecular complexity index is 1260. The molecule has 1 aromatic heterocycles. The monoisotopic (exact) mass is 525 g/mol. The molecule has 1 heterocycles. The van der Waals surface area contributed by atoms with Gasteiger partial charge in [0.25, 0.3) is 5.91 Å². The number of amides is 2. The van der Waals surface area contributed by atoms with E-state index in [1.165, 1.54) is 23.1 Å². The summed E-state index contributed by atoms with van der Waals surface area (Å²) in [5.41, 5.74) is 3.19. The van der Waals surface area contributed by atoms with E-state index in [4.69, 9.17) is 0 Å². The smallest absolute Gasteiger partial charge is 0.256 e. The number of thioether (sulfide) groups is 1. The molecule has 0 aliphatic heterocycles. The quantitative estimate of drug-likeness (QED) is 0.278. The van der Waals surface area contributed by atoms with E-state index < -0.39 is 0 Å². The molecule has 2 amide bonds. The lowest BCUT2D eigenvalue weighted by Gasteiger charge is -2.13. The van der Waals surface area contributed by atoms with E-state index in [0.29, 0.717) is 17.0 Å². The molecule has 8 heteroatoms. The topological polar surface area (TPSA) is 71.1 Å². The van der Waals surface area contributed by atoms with Crippen LogP contribution in [0.4, 0.5) is 5.69 Å². The molecule has 4 rings (SSSR count). The van der Waals surface area contributed by atoms with Crippen molar-refractivity contribution in [1.82, 2.24) is 10.3 Å². The number of thiazole rings is 1. The standard InChI is InChI=1S/C24H20BrN3O2S2/c1-15(16-7-3-2-4-8-16)26-22(29)14-31-24-28-20-12-11-17(13-21(20)32-24)27-23(30)18-9-5-6-10-19(18)25/h2-13,15H,14H2,1H3,(H,26,29)(H,27,30)/t15-/m1/s1. The number of rotatable bonds is 7. The Labute approximate surface area is 202 Å². The fourth-order valence-electron chi connectivity index (χ4n) is 3.12. The minimum Gasteiger partial charge on any atom is -0.349 e. The Morgan fingerprint density at radius 3 is 2.59 bits per heavy atom. The maximum atomic E-state index is 12.5. The molecule has 5 nitrogen and oxygen atoms in total. The van der Waals surface area contributed by atoms with Crippen molar-refractivity contribution in [3.8, 4) is 0 Å². The highest BCUT2D eigenvalue weighted by Gasteiger charge is 2.13. The molecular weight excluding hydrogens is 506 g/mol. The first-order chi connectivity index (χ1) is 15.5. The fraction of sp³-hybridized carbons (Fsp3) is 0.125. The molecule has 162 valence electrons.